The Labute approximate surface area is 99.6 Å². The van der Waals surface area contributed by atoms with E-state index in [1.165, 1.54) is 19.3 Å². The summed E-state index contributed by atoms with van der Waals surface area (Å²) in [5.74, 6) is 0.961. The molecule has 0 bridgehead atoms. The summed E-state index contributed by atoms with van der Waals surface area (Å²) in [6.07, 6.45) is 4.76. The highest BCUT2D eigenvalue weighted by Crippen LogP contribution is 2.08. The van der Waals surface area contributed by atoms with Gasteiger partial charge in [-0.1, -0.05) is 13.8 Å². The number of hydrogen-bond donors (Lipinski definition) is 1. The molecule has 3 heteroatoms. The maximum Gasteiger partial charge on any atom is 0.236 e. The molecule has 1 aliphatic rings. The average Bonchev–Trinajstić information content (AvgIpc) is 2.26. The molecular weight excluding hydrogens is 200 g/mol. The second-order valence-corrected chi connectivity index (χ2v) is 5.35. The molecule has 16 heavy (non-hydrogen) atoms. The zero-order valence-corrected chi connectivity index (χ0v) is 11.0. The molecule has 1 saturated heterocycles. The molecule has 1 amide bonds. The molecule has 0 aromatic rings. The molecule has 1 heterocycles. The molecule has 0 spiro atoms. The molecule has 1 atom stereocenters. The highest BCUT2D eigenvalue weighted by molar-refractivity contribution is 5.78. The van der Waals surface area contributed by atoms with Crippen LogP contribution >= 0.6 is 0 Å². The zero-order chi connectivity index (χ0) is 12.0. The van der Waals surface area contributed by atoms with Gasteiger partial charge in [0.1, 0.15) is 0 Å². The first-order valence-electron chi connectivity index (χ1n) is 6.60. The predicted octanol–water partition coefficient (Wildman–Crippen LogP) is 2.02. The van der Waals surface area contributed by atoms with Crippen molar-refractivity contribution in [3.63, 3.8) is 0 Å². The Morgan fingerprint density at radius 1 is 1.19 bits per heavy atom. The van der Waals surface area contributed by atoms with Crippen molar-refractivity contribution in [1.82, 2.24) is 10.2 Å². The van der Waals surface area contributed by atoms with E-state index in [1.807, 2.05) is 4.90 Å². The average molecular weight is 226 g/mol. The summed E-state index contributed by atoms with van der Waals surface area (Å²) in [5, 5.41) is 3.32. The predicted molar refractivity (Wildman–Crippen MR) is 67.4 cm³/mol. The van der Waals surface area contributed by atoms with E-state index in [0.717, 1.165) is 19.5 Å². The van der Waals surface area contributed by atoms with Crippen molar-refractivity contribution in [3.8, 4) is 0 Å². The summed E-state index contributed by atoms with van der Waals surface area (Å²) >= 11 is 0. The largest absolute Gasteiger partial charge is 0.342 e. The topological polar surface area (TPSA) is 32.3 Å². The third-order valence-corrected chi connectivity index (χ3v) is 3.14. The molecule has 1 fully saturated rings. The Hall–Kier alpha value is -0.570. The molecule has 1 aliphatic heterocycles. The molecular formula is C13H26N2O. The van der Waals surface area contributed by atoms with E-state index in [0.29, 0.717) is 18.5 Å². The van der Waals surface area contributed by atoms with Crippen LogP contribution in [0.3, 0.4) is 0 Å². The van der Waals surface area contributed by atoms with Crippen LogP contribution in [0.4, 0.5) is 0 Å². The summed E-state index contributed by atoms with van der Waals surface area (Å²) in [4.78, 5) is 13.9. The van der Waals surface area contributed by atoms with Crippen LogP contribution in [0.5, 0.6) is 0 Å². The van der Waals surface area contributed by atoms with E-state index in [-0.39, 0.29) is 5.91 Å². The van der Waals surface area contributed by atoms with Crippen LogP contribution in [0.1, 0.15) is 46.5 Å². The normalized spacial score (nSPS) is 18.9. The second-order valence-electron chi connectivity index (χ2n) is 5.35. The molecule has 0 aromatic heterocycles. The van der Waals surface area contributed by atoms with Gasteiger partial charge in [0.25, 0.3) is 0 Å². The summed E-state index contributed by atoms with van der Waals surface area (Å²) in [6.45, 7) is 9.00. The van der Waals surface area contributed by atoms with Crippen molar-refractivity contribution >= 4 is 5.91 Å². The summed E-state index contributed by atoms with van der Waals surface area (Å²) in [5.41, 5.74) is 0. The fourth-order valence-corrected chi connectivity index (χ4v) is 2.31. The summed E-state index contributed by atoms with van der Waals surface area (Å²) < 4.78 is 0. The quantitative estimate of drug-likeness (QED) is 0.778. The van der Waals surface area contributed by atoms with Crippen LogP contribution in [0.25, 0.3) is 0 Å². The van der Waals surface area contributed by atoms with E-state index in [2.05, 4.69) is 26.1 Å². The van der Waals surface area contributed by atoms with Crippen molar-refractivity contribution in [1.29, 1.82) is 0 Å². The van der Waals surface area contributed by atoms with Gasteiger partial charge in [0, 0.05) is 19.1 Å². The first-order valence-corrected chi connectivity index (χ1v) is 6.60. The minimum atomic E-state index is 0.273. The number of nitrogens with zero attached hydrogens (tertiary/aromatic N) is 1. The van der Waals surface area contributed by atoms with E-state index in [1.54, 1.807) is 0 Å². The van der Waals surface area contributed by atoms with Crippen molar-refractivity contribution in [2.45, 2.75) is 52.5 Å². The number of piperidine rings is 1. The van der Waals surface area contributed by atoms with Crippen LogP contribution < -0.4 is 5.32 Å². The number of amides is 1. The summed E-state index contributed by atoms with van der Waals surface area (Å²) in [7, 11) is 0. The monoisotopic (exact) mass is 226 g/mol. The molecule has 0 aromatic carbocycles. The molecule has 0 aliphatic carbocycles. The van der Waals surface area contributed by atoms with Gasteiger partial charge in [0.15, 0.2) is 0 Å². The van der Waals surface area contributed by atoms with Crippen molar-refractivity contribution < 1.29 is 4.79 Å². The van der Waals surface area contributed by atoms with E-state index >= 15 is 0 Å². The molecule has 1 N–H and O–H groups in total. The van der Waals surface area contributed by atoms with Gasteiger partial charge in [0.05, 0.1) is 6.54 Å². The van der Waals surface area contributed by atoms with Gasteiger partial charge in [-0.15, -0.1) is 0 Å². The van der Waals surface area contributed by atoms with Crippen LogP contribution in [0, 0.1) is 5.92 Å². The highest BCUT2D eigenvalue weighted by Gasteiger charge is 2.16. The van der Waals surface area contributed by atoms with Crippen molar-refractivity contribution in [3.05, 3.63) is 0 Å². The lowest BCUT2D eigenvalue weighted by atomic mass is 10.1. The lowest BCUT2D eigenvalue weighted by molar-refractivity contribution is -0.131. The smallest absolute Gasteiger partial charge is 0.236 e. The lowest BCUT2D eigenvalue weighted by Crippen LogP contribution is -2.43. The van der Waals surface area contributed by atoms with Gasteiger partial charge < -0.3 is 10.2 Å². The fourth-order valence-electron chi connectivity index (χ4n) is 2.31. The van der Waals surface area contributed by atoms with Gasteiger partial charge >= 0.3 is 0 Å². The number of carbonyl (C=O) groups excluding carboxylic acids is 1. The first kappa shape index (κ1) is 13.5. The third kappa shape index (κ3) is 4.97. The fraction of sp³-hybridized carbons (Fsp3) is 0.923. The van der Waals surface area contributed by atoms with Crippen molar-refractivity contribution in [2.75, 3.05) is 19.6 Å². The second kappa shape index (κ2) is 6.89. The van der Waals surface area contributed by atoms with Gasteiger partial charge in [-0.05, 0) is 38.5 Å². The number of likely N-dealkylation sites (tertiary alicyclic amines) is 1. The number of hydrogen-bond acceptors (Lipinski definition) is 2. The van der Waals surface area contributed by atoms with Gasteiger partial charge in [-0.2, -0.15) is 0 Å². The SMILES string of the molecule is CC(C)CC(C)NCC(=O)N1CCCCC1. The van der Waals surface area contributed by atoms with Gasteiger partial charge in [0.2, 0.25) is 5.91 Å². The number of nitrogens with one attached hydrogen (secondary N) is 1. The number of rotatable bonds is 5. The van der Waals surface area contributed by atoms with Gasteiger partial charge in [-0.3, -0.25) is 4.79 Å². The van der Waals surface area contributed by atoms with E-state index in [9.17, 15) is 4.79 Å². The molecule has 0 radical (unpaired) electrons. The Morgan fingerprint density at radius 2 is 1.81 bits per heavy atom. The van der Waals surface area contributed by atoms with Gasteiger partial charge in [-0.25, -0.2) is 0 Å². The molecule has 1 unspecified atom stereocenters. The minimum Gasteiger partial charge on any atom is -0.342 e. The van der Waals surface area contributed by atoms with E-state index < -0.39 is 0 Å². The Morgan fingerprint density at radius 3 is 2.38 bits per heavy atom. The zero-order valence-electron chi connectivity index (χ0n) is 11.0. The van der Waals surface area contributed by atoms with Crippen molar-refractivity contribution in [2.24, 2.45) is 5.92 Å². The molecule has 0 saturated carbocycles. The molecule has 1 rings (SSSR count). The maximum atomic E-state index is 11.9. The Bertz CT molecular complexity index is 210. The Kier molecular flexibility index (Phi) is 5.81. The highest BCUT2D eigenvalue weighted by atomic mass is 16.2. The standard InChI is InChI=1S/C13H26N2O/c1-11(2)9-12(3)14-10-13(16)15-7-5-4-6-8-15/h11-12,14H,4-10H2,1-3H3. The van der Waals surface area contributed by atoms with Crippen LogP contribution in [0.2, 0.25) is 0 Å². The molecule has 3 nitrogen and oxygen atoms in total. The maximum absolute atomic E-state index is 11.9. The molecule has 94 valence electrons. The third-order valence-electron chi connectivity index (χ3n) is 3.14. The van der Waals surface area contributed by atoms with E-state index in [4.69, 9.17) is 0 Å². The van der Waals surface area contributed by atoms with Crippen LogP contribution in [-0.2, 0) is 4.79 Å². The number of carbonyl (C=O) groups is 1. The minimum absolute atomic E-state index is 0.273. The Balaban J connectivity index is 2.18. The first-order chi connectivity index (χ1) is 7.59. The lowest BCUT2D eigenvalue weighted by Gasteiger charge is -2.27. The summed E-state index contributed by atoms with van der Waals surface area (Å²) in [6, 6.07) is 0.439. The van der Waals surface area contributed by atoms with Crippen LogP contribution in [-0.4, -0.2) is 36.5 Å². The van der Waals surface area contributed by atoms with Crippen LogP contribution in [0.15, 0.2) is 0 Å².